The highest BCUT2D eigenvalue weighted by molar-refractivity contribution is 5.44. The summed E-state index contributed by atoms with van der Waals surface area (Å²) in [6, 6.07) is 14.5. The van der Waals surface area contributed by atoms with Crippen molar-refractivity contribution >= 4 is 0 Å². The highest BCUT2D eigenvalue weighted by Gasteiger charge is 2.21. The van der Waals surface area contributed by atoms with Gasteiger partial charge in [0.2, 0.25) is 6.79 Å². The molecule has 0 bridgehead atoms. The first kappa shape index (κ1) is 17.3. The molecule has 4 rings (SSSR count). The fourth-order valence-electron chi connectivity index (χ4n) is 3.69. The van der Waals surface area contributed by atoms with Crippen LogP contribution in [0.15, 0.2) is 42.5 Å². The lowest BCUT2D eigenvalue weighted by Crippen LogP contribution is -2.85. The summed E-state index contributed by atoms with van der Waals surface area (Å²) in [6.45, 7) is 2.07. The molecule has 2 aromatic carbocycles. The molecule has 0 radical (unpaired) electrons. The molecule has 5 heteroatoms. The third-order valence-corrected chi connectivity index (χ3v) is 5.06. The van der Waals surface area contributed by atoms with Gasteiger partial charge >= 0.3 is 0 Å². The molecular weight excluding hydrogens is 330 g/mol. The van der Waals surface area contributed by atoms with Crippen molar-refractivity contribution in [3.63, 3.8) is 0 Å². The van der Waals surface area contributed by atoms with Gasteiger partial charge in [-0.05, 0) is 48.6 Å². The quantitative estimate of drug-likeness (QED) is 0.796. The van der Waals surface area contributed by atoms with Gasteiger partial charge < -0.3 is 24.6 Å². The van der Waals surface area contributed by atoms with E-state index in [4.69, 9.17) is 14.2 Å². The van der Waals surface area contributed by atoms with E-state index in [9.17, 15) is 5.11 Å². The van der Waals surface area contributed by atoms with Gasteiger partial charge in [0.05, 0.1) is 12.7 Å². The van der Waals surface area contributed by atoms with Crippen LogP contribution in [0.4, 0.5) is 0 Å². The first-order valence-electron chi connectivity index (χ1n) is 9.37. The minimum Gasteiger partial charge on any atom is -0.454 e. The SMILES string of the molecule is O[C@H](C[NH2+]Cc1ccc2c(c1)OCO2)CO[C@@H]1CCCc2ccccc21. The number of aliphatic hydroxyl groups is 1. The number of benzene rings is 2. The predicted molar refractivity (Wildman–Crippen MR) is 97.1 cm³/mol. The maximum atomic E-state index is 10.3. The zero-order valence-corrected chi connectivity index (χ0v) is 14.9. The molecule has 0 amide bonds. The van der Waals surface area contributed by atoms with Crippen molar-refractivity contribution < 1.29 is 24.6 Å². The van der Waals surface area contributed by atoms with Crippen LogP contribution in [0, 0.1) is 0 Å². The largest absolute Gasteiger partial charge is 0.454 e. The number of hydrogen-bond acceptors (Lipinski definition) is 4. The van der Waals surface area contributed by atoms with Crippen LogP contribution in [-0.4, -0.2) is 31.2 Å². The summed E-state index contributed by atoms with van der Waals surface area (Å²) < 4.78 is 16.7. The van der Waals surface area contributed by atoms with Crippen LogP contribution in [0.5, 0.6) is 11.5 Å². The molecule has 2 atom stereocenters. The Morgan fingerprint density at radius 3 is 3.00 bits per heavy atom. The molecule has 0 spiro atoms. The lowest BCUT2D eigenvalue weighted by atomic mass is 9.89. The van der Waals surface area contributed by atoms with Crippen LogP contribution in [0.1, 0.15) is 35.6 Å². The third-order valence-electron chi connectivity index (χ3n) is 5.06. The van der Waals surface area contributed by atoms with Crippen LogP contribution in [0.3, 0.4) is 0 Å². The van der Waals surface area contributed by atoms with Gasteiger partial charge in [-0.25, -0.2) is 0 Å². The van der Waals surface area contributed by atoms with Gasteiger partial charge in [-0.1, -0.05) is 24.3 Å². The minimum absolute atomic E-state index is 0.114. The number of nitrogens with two attached hydrogens (primary N) is 1. The number of aryl methyl sites for hydroxylation is 1. The van der Waals surface area contributed by atoms with Crippen LogP contribution in [-0.2, 0) is 17.7 Å². The van der Waals surface area contributed by atoms with Gasteiger partial charge in [-0.15, -0.1) is 0 Å². The van der Waals surface area contributed by atoms with Gasteiger partial charge in [-0.3, -0.25) is 0 Å². The van der Waals surface area contributed by atoms with Gasteiger partial charge in [0.15, 0.2) is 11.5 Å². The molecule has 2 aromatic rings. The Labute approximate surface area is 153 Å². The minimum atomic E-state index is -0.474. The van der Waals surface area contributed by atoms with Crippen LogP contribution in [0.25, 0.3) is 0 Å². The van der Waals surface area contributed by atoms with Crippen molar-refractivity contribution in [2.45, 2.75) is 38.0 Å². The summed E-state index contributed by atoms with van der Waals surface area (Å²) in [5, 5.41) is 12.4. The molecule has 26 heavy (non-hydrogen) atoms. The summed E-state index contributed by atoms with van der Waals surface area (Å²) in [6.07, 6.45) is 2.95. The van der Waals surface area contributed by atoms with E-state index in [0.717, 1.165) is 42.9 Å². The standard InChI is InChI=1S/C21H25NO4/c23-17(12-22-11-15-8-9-20-21(10-15)26-14-25-20)13-24-19-7-3-5-16-4-1-2-6-18(16)19/h1-2,4,6,8-10,17,19,22-23H,3,5,7,11-14H2/p+1/t17-,19-/m1/s1. The molecule has 5 nitrogen and oxygen atoms in total. The molecule has 1 aliphatic heterocycles. The number of rotatable bonds is 7. The molecule has 0 unspecified atom stereocenters. The molecule has 0 fully saturated rings. The summed E-state index contributed by atoms with van der Waals surface area (Å²) >= 11 is 0. The lowest BCUT2D eigenvalue weighted by molar-refractivity contribution is -0.676. The van der Waals surface area contributed by atoms with E-state index in [1.807, 2.05) is 18.2 Å². The highest BCUT2D eigenvalue weighted by atomic mass is 16.7. The van der Waals surface area contributed by atoms with Crippen molar-refractivity contribution in [1.29, 1.82) is 0 Å². The van der Waals surface area contributed by atoms with E-state index in [-0.39, 0.29) is 6.10 Å². The topological polar surface area (TPSA) is 64.5 Å². The normalized spacial score (nSPS) is 19.2. The van der Waals surface area contributed by atoms with E-state index in [1.165, 1.54) is 11.1 Å². The number of hydrogen-bond donors (Lipinski definition) is 2. The second-order valence-electron chi connectivity index (χ2n) is 6.98. The fraction of sp³-hybridized carbons (Fsp3) is 0.429. The summed E-state index contributed by atoms with van der Waals surface area (Å²) in [5.74, 6) is 1.60. The van der Waals surface area contributed by atoms with E-state index >= 15 is 0 Å². The Bertz CT molecular complexity index is 749. The maximum Gasteiger partial charge on any atom is 0.231 e. The van der Waals surface area contributed by atoms with Gasteiger partial charge in [0.1, 0.15) is 19.2 Å². The first-order chi connectivity index (χ1) is 12.8. The first-order valence-corrected chi connectivity index (χ1v) is 9.37. The fourth-order valence-corrected chi connectivity index (χ4v) is 3.69. The molecule has 0 aromatic heterocycles. The zero-order valence-electron chi connectivity index (χ0n) is 14.9. The summed E-state index contributed by atoms with van der Waals surface area (Å²) in [5.41, 5.74) is 3.83. The van der Waals surface area contributed by atoms with Crippen molar-refractivity contribution in [3.8, 4) is 11.5 Å². The smallest absolute Gasteiger partial charge is 0.231 e. The average Bonchev–Trinajstić information content (AvgIpc) is 3.14. The number of fused-ring (bicyclic) bond motifs is 2. The molecule has 3 N–H and O–H groups in total. The Kier molecular flexibility index (Phi) is 5.39. The van der Waals surface area contributed by atoms with E-state index in [1.54, 1.807) is 0 Å². The van der Waals surface area contributed by atoms with E-state index in [0.29, 0.717) is 19.9 Å². The van der Waals surface area contributed by atoms with Gasteiger partial charge in [0, 0.05) is 5.56 Å². The van der Waals surface area contributed by atoms with Gasteiger partial charge in [0.25, 0.3) is 0 Å². The van der Waals surface area contributed by atoms with E-state index < -0.39 is 6.10 Å². The molecular formula is C21H26NO4+. The summed E-state index contributed by atoms with van der Waals surface area (Å²) in [4.78, 5) is 0. The molecule has 0 saturated carbocycles. The van der Waals surface area contributed by atoms with Crippen molar-refractivity contribution in [2.75, 3.05) is 19.9 Å². The predicted octanol–water partition coefficient (Wildman–Crippen LogP) is 1.93. The third kappa shape index (κ3) is 4.01. The number of ether oxygens (including phenoxy) is 3. The second-order valence-corrected chi connectivity index (χ2v) is 6.98. The summed E-state index contributed by atoms with van der Waals surface area (Å²) in [7, 11) is 0. The molecule has 1 aliphatic carbocycles. The highest BCUT2D eigenvalue weighted by Crippen LogP contribution is 2.33. The molecule has 1 heterocycles. The monoisotopic (exact) mass is 356 g/mol. The average molecular weight is 356 g/mol. The van der Waals surface area contributed by atoms with Crippen LogP contribution in [0.2, 0.25) is 0 Å². The zero-order chi connectivity index (χ0) is 17.8. The maximum absolute atomic E-state index is 10.3. The number of quaternary nitrogens is 1. The number of aliphatic hydroxyl groups excluding tert-OH is 1. The van der Waals surface area contributed by atoms with Crippen molar-refractivity contribution in [2.24, 2.45) is 0 Å². The molecule has 2 aliphatic rings. The second kappa shape index (κ2) is 8.08. The Morgan fingerprint density at radius 1 is 1.15 bits per heavy atom. The Hall–Kier alpha value is -2.08. The van der Waals surface area contributed by atoms with E-state index in [2.05, 4.69) is 29.6 Å². The molecule has 0 saturated heterocycles. The lowest BCUT2D eigenvalue weighted by Gasteiger charge is -2.26. The van der Waals surface area contributed by atoms with Crippen LogP contribution >= 0.6 is 0 Å². The molecule has 138 valence electrons. The van der Waals surface area contributed by atoms with Crippen molar-refractivity contribution in [3.05, 3.63) is 59.2 Å². The van der Waals surface area contributed by atoms with Gasteiger partial charge in [-0.2, -0.15) is 0 Å². The van der Waals surface area contributed by atoms with Crippen LogP contribution < -0.4 is 14.8 Å². The Morgan fingerprint density at radius 2 is 2.04 bits per heavy atom. The Balaban J connectivity index is 1.22. The van der Waals surface area contributed by atoms with Crippen molar-refractivity contribution in [1.82, 2.24) is 0 Å².